The highest BCUT2D eigenvalue weighted by Gasteiger charge is 2.04. The molecule has 138 valence electrons. The van der Waals surface area contributed by atoms with Crippen LogP contribution < -0.4 is 20.2 Å². The highest BCUT2D eigenvalue weighted by atomic mass is 16.5. The lowest BCUT2D eigenvalue weighted by atomic mass is 10.1. The minimum absolute atomic E-state index is 0.0925. The number of rotatable bonds is 7. The van der Waals surface area contributed by atoms with Crippen molar-refractivity contribution in [2.45, 2.75) is 0 Å². The smallest absolute Gasteiger partial charge is 0.259 e. The Morgan fingerprint density at radius 2 is 1.78 bits per heavy atom. The molecule has 0 spiro atoms. The minimum Gasteiger partial charge on any atom is -0.497 e. The number of anilines is 1. The van der Waals surface area contributed by atoms with Crippen molar-refractivity contribution < 1.29 is 14.3 Å². The number of hydrazone groups is 1. The van der Waals surface area contributed by atoms with Gasteiger partial charge in [-0.3, -0.25) is 4.79 Å². The van der Waals surface area contributed by atoms with Crippen molar-refractivity contribution in [1.29, 1.82) is 0 Å². The van der Waals surface area contributed by atoms with E-state index in [4.69, 9.17) is 9.47 Å². The van der Waals surface area contributed by atoms with E-state index in [1.54, 1.807) is 20.4 Å². The second kappa shape index (κ2) is 8.71. The number of nitrogens with one attached hydrogen (secondary N) is 2. The van der Waals surface area contributed by atoms with Gasteiger partial charge in [-0.15, -0.1) is 0 Å². The molecule has 0 aliphatic heterocycles. The quantitative estimate of drug-likeness (QED) is 0.498. The summed E-state index contributed by atoms with van der Waals surface area (Å²) in [7, 11) is 3.23. The van der Waals surface area contributed by atoms with E-state index < -0.39 is 0 Å². The molecular formula is C21H21N3O3. The van der Waals surface area contributed by atoms with E-state index in [-0.39, 0.29) is 12.5 Å². The van der Waals surface area contributed by atoms with Crippen LogP contribution in [0, 0.1) is 0 Å². The molecule has 0 fully saturated rings. The predicted molar refractivity (Wildman–Crippen MR) is 108 cm³/mol. The predicted octanol–water partition coefficient (Wildman–Crippen LogP) is 3.42. The molecule has 0 saturated heterocycles. The summed E-state index contributed by atoms with van der Waals surface area (Å²) < 4.78 is 10.5. The van der Waals surface area contributed by atoms with E-state index >= 15 is 0 Å². The maximum absolute atomic E-state index is 11.9. The summed E-state index contributed by atoms with van der Waals surface area (Å²) in [6.07, 6.45) is 1.62. The first-order valence-corrected chi connectivity index (χ1v) is 8.46. The largest absolute Gasteiger partial charge is 0.497 e. The van der Waals surface area contributed by atoms with E-state index in [0.29, 0.717) is 5.75 Å². The van der Waals surface area contributed by atoms with Gasteiger partial charge in [-0.25, -0.2) is 5.43 Å². The van der Waals surface area contributed by atoms with Crippen LogP contribution in [0.15, 0.2) is 65.8 Å². The maximum Gasteiger partial charge on any atom is 0.259 e. The lowest BCUT2D eigenvalue weighted by molar-refractivity contribution is -0.119. The van der Waals surface area contributed by atoms with Gasteiger partial charge in [-0.2, -0.15) is 5.10 Å². The van der Waals surface area contributed by atoms with Gasteiger partial charge in [0.05, 0.1) is 32.7 Å². The number of carbonyl (C=O) groups excluding carboxylic acids is 1. The maximum atomic E-state index is 11.9. The fourth-order valence-electron chi connectivity index (χ4n) is 2.63. The fourth-order valence-corrected chi connectivity index (χ4v) is 2.63. The molecule has 0 aliphatic carbocycles. The molecule has 3 rings (SSSR count). The molecule has 0 unspecified atom stereocenters. The molecule has 0 radical (unpaired) electrons. The van der Waals surface area contributed by atoms with Gasteiger partial charge in [0, 0.05) is 0 Å². The topological polar surface area (TPSA) is 72.0 Å². The summed E-state index contributed by atoms with van der Waals surface area (Å²) in [5.74, 6) is 1.25. The second-order valence-electron chi connectivity index (χ2n) is 5.82. The Balaban J connectivity index is 1.56. The first-order chi connectivity index (χ1) is 13.2. The fraction of sp³-hybridized carbons (Fsp3) is 0.143. The SMILES string of the molecule is COc1ccc2cc(/C=N\NC(=O)CNc3ccccc3OC)ccc2c1. The number of hydrogen-bond donors (Lipinski definition) is 2. The molecule has 0 aromatic heterocycles. The van der Waals surface area contributed by atoms with Gasteiger partial charge in [0.1, 0.15) is 11.5 Å². The third kappa shape index (κ3) is 4.76. The van der Waals surface area contributed by atoms with Crippen molar-refractivity contribution >= 4 is 28.6 Å². The number of carbonyl (C=O) groups is 1. The van der Waals surface area contributed by atoms with E-state index in [2.05, 4.69) is 15.8 Å². The van der Waals surface area contributed by atoms with Crippen molar-refractivity contribution in [2.75, 3.05) is 26.1 Å². The zero-order valence-corrected chi connectivity index (χ0v) is 15.2. The minimum atomic E-state index is -0.248. The number of para-hydroxylation sites is 2. The summed E-state index contributed by atoms with van der Waals surface area (Å²) in [6, 6.07) is 19.2. The molecule has 1 amide bonds. The number of fused-ring (bicyclic) bond motifs is 1. The zero-order valence-electron chi connectivity index (χ0n) is 15.2. The molecule has 0 atom stereocenters. The van der Waals surface area contributed by atoms with Gasteiger partial charge in [0.2, 0.25) is 0 Å². The zero-order chi connectivity index (χ0) is 19.1. The summed E-state index contributed by atoms with van der Waals surface area (Å²) in [5.41, 5.74) is 4.16. The number of methoxy groups -OCH3 is 2. The molecule has 6 nitrogen and oxygen atoms in total. The third-order valence-corrected chi connectivity index (χ3v) is 4.02. The first-order valence-electron chi connectivity index (χ1n) is 8.46. The lowest BCUT2D eigenvalue weighted by Crippen LogP contribution is -2.26. The average Bonchev–Trinajstić information content (AvgIpc) is 2.72. The normalized spacial score (nSPS) is 10.7. The summed E-state index contributed by atoms with van der Waals surface area (Å²) >= 11 is 0. The van der Waals surface area contributed by atoms with Crippen molar-refractivity contribution in [3.05, 3.63) is 66.2 Å². The molecule has 0 heterocycles. The second-order valence-corrected chi connectivity index (χ2v) is 5.82. The lowest BCUT2D eigenvalue weighted by Gasteiger charge is -2.09. The highest BCUT2D eigenvalue weighted by Crippen LogP contribution is 2.23. The van der Waals surface area contributed by atoms with E-state index in [9.17, 15) is 4.79 Å². The van der Waals surface area contributed by atoms with Crippen LogP contribution in [0.5, 0.6) is 11.5 Å². The van der Waals surface area contributed by atoms with E-state index in [0.717, 1.165) is 27.8 Å². The number of benzene rings is 3. The standard InChI is InChI=1S/C21H21N3O3/c1-26-18-10-9-16-11-15(7-8-17(16)12-18)13-23-24-21(25)14-22-19-5-3-4-6-20(19)27-2/h3-13,22H,14H2,1-2H3,(H,24,25)/b23-13-. The molecule has 0 aliphatic rings. The van der Waals surface area contributed by atoms with Crippen LogP contribution in [0.3, 0.4) is 0 Å². The molecule has 6 heteroatoms. The van der Waals surface area contributed by atoms with Crippen LogP contribution in [0.2, 0.25) is 0 Å². The average molecular weight is 363 g/mol. The van der Waals surface area contributed by atoms with Crippen molar-refractivity contribution in [3.8, 4) is 11.5 Å². The van der Waals surface area contributed by atoms with Gasteiger partial charge in [0.15, 0.2) is 0 Å². The van der Waals surface area contributed by atoms with Crippen LogP contribution in [-0.4, -0.2) is 32.9 Å². The van der Waals surface area contributed by atoms with Gasteiger partial charge in [-0.05, 0) is 46.7 Å². The Morgan fingerprint density at radius 1 is 1.00 bits per heavy atom. The van der Waals surface area contributed by atoms with Gasteiger partial charge in [0.25, 0.3) is 5.91 Å². The van der Waals surface area contributed by atoms with Gasteiger partial charge >= 0.3 is 0 Å². The Kier molecular flexibility index (Phi) is 5.89. The Bertz CT molecular complexity index is 970. The third-order valence-electron chi connectivity index (χ3n) is 4.02. The number of amides is 1. The number of ether oxygens (including phenoxy) is 2. The Labute approximate surface area is 157 Å². The Morgan fingerprint density at radius 3 is 2.59 bits per heavy atom. The first kappa shape index (κ1) is 18.3. The van der Waals surface area contributed by atoms with Gasteiger partial charge in [-0.1, -0.05) is 30.3 Å². The molecule has 27 heavy (non-hydrogen) atoms. The van der Waals surface area contributed by atoms with Gasteiger partial charge < -0.3 is 14.8 Å². The van der Waals surface area contributed by atoms with Crippen LogP contribution in [0.1, 0.15) is 5.56 Å². The molecular weight excluding hydrogens is 342 g/mol. The number of nitrogens with zero attached hydrogens (tertiary/aromatic N) is 1. The number of hydrogen-bond acceptors (Lipinski definition) is 5. The van der Waals surface area contributed by atoms with Crippen LogP contribution >= 0.6 is 0 Å². The molecule has 3 aromatic rings. The van der Waals surface area contributed by atoms with Crippen LogP contribution in [0.25, 0.3) is 10.8 Å². The van der Waals surface area contributed by atoms with Crippen molar-refractivity contribution in [1.82, 2.24) is 5.43 Å². The van der Waals surface area contributed by atoms with E-state index in [1.165, 1.54) is 0 Å². The van der Waals surface area contributed by atoms with Crippen molar-refractivity contribution in [2.24, 2.45) is 5.10 Å². The summed E-state index contributed by atoms with van der Waals surface area (Å²) in [4.78, 5) is 11.9. The molecule has 3 aromatic carbocycles. The summed E-state index contributed by atoms with van der Waals surface area (Å²) in [6.45, 7) is 0.0925. The summed E-state index contributed by atoms with van der Waals surface area (Å²) in [5, 5.41) is 9.19. The monoisotopic (exact) mass is 363 g/mol. The van der Waals surface area contributed by atoms with Crippen LogP contribution in [0.4, 0.5) is 5.69 Å². The van der Waals surface area contributed by atoms with E-state index in [1.807, 2.05) is 60.7 Å². The molecule has 0 saturated carbocycles. The molecule has 0 bridgehead atoms. The van der Waals surface area contributed by atoms with Crippen molar-refractivity contribution in [3.63, 3.8) is 0 Å². The highest BCUT2D eigenvalue weighted by molar-refractivity contribution is 5.91. The van der Waals surface area contributed by atoms with Crippen LogP contribution in [-0.2, 0) is 4.79 Å². The Hall–Kier alpha value is -3.54. The molecule has 2 N–H and O–H groups in total.